The summed E-state index contributed by atoms with van der Waals surface area (Å²) < 4.78 is 0. The molecule has 2 aromatic rings. The van der Waals surface area contributed by atoms with Crippen LogP contribution in [0.25, 0.3) is 11.4 Å². The third kappa shape index (κ3) is 3.58. The normalized spacial score (nSPS) is 11.9. The molecule has 3 N–H and O–H groups in total. The van der Waals surface area contributed by atoms with Gasteiger partial charge in [0.25, 0.3) is 0 Å². The first-order valence-corrected chi connectivity index (χ1v) is 5.64. The SMILES string of the molecule is CCC(N)Cc1cnc(-c2ccccc2)[nH]1.Cl. The van der Waals surface area contributed by atoms with Gasteiger partial charge in [0.05, 0.1) is 0 Å². The van der Waals surface area contributed by atoms with Gasteiger partial charge in [-0.15, -0.1) is 12.4 Å². The van der Waals surface area contributed by atoms with E-state index in [0.717, 1.165) is 29.9 Å². The average molecular weight is 252 g/mol. The Labute approximate surface area is 108 Å². The van der Waals surface area contributed by atoms with Crippen molar-refractivity contribution in [2.45, 2.75) is 25.8 Å². The Kier molecular flexibility index (Phi) is 5.19. The van der Waals surface area contributed by atoms with Crippen LogP contribution in [0.3, 0.4) is 0 Å². The van der Waals surface area contributed by atoms with E-state index in [0.29, 0.717) is 0 Å². The van der Waals surface area contributed by atoms with Crippen LogP contribution in [0.1, 0.15) is 19.0 Å². The van der Waals surface area contributed by atoms with Crippen LogP contribution in [0, 0.1) is 0 Å². The van der Waals surface area contributed by atoms with Crippen LogP contribution in [0.4, 0.5) is 0 Å². The monoisotopic (exact) mass is 251 g/mol. The maximum absolute atomic E-state index is 5.91. The quantitative estimate of drug-likeness (QED) is 0.878. The van der Waals surface area contributed by atoms with Crippen molar-refractivity contribution in [2.24, 2.45) is 5.73 Å². The molecule has 2 rings (SSSR count). The van der Waals surface area contributed by atoms with Crippen LogP contribution < -0.4 is 5.73 Å². The third-order valence-corrected chi connectivity index (χ3v) is 2.68. The first kappa shape index (κ1) is 13.7. The minimum atomic E-state index is 0. The summed E-state index contributed by atoms with van der Waals surface area (Å²) >= 11 is 0. The topological polar surface area (TPSA) is 54.7 Å². The van der Waals surface area contributed by atoms with Crippen molar-refractivity contribution >= 4 is 12.4 Å². The molecule has 0 spiro atoms. The van der Waals surface area contributed by atoms with Crippen LogP contribution >= 0.6 is 12.4 Å². The standard InChI is InChI=1S/C13H17N3.ClH/c1-2-11(14)8-12-9-15-13(16-12)10-6-4-3-5-7-10;/h3-7,9,11H,2,8,14H2,1H3,(H,15,16);1H. The second kappa shape index (κ2) is 6.42. The van der Waals surface area contributed by atoms with Crippen LogP contribution in [0.15, 0.2) is 36.5 Å². The van der Waals surface area contributed by atoms with E-state index in [-0.39, 0.29) is 18.4 Å². The molecule has 1 atom stereocenters. The van der Waals surface area contributed by atoms with Gasteiger partial charge >= 0.3 is 0 Å². The fourth-order valence-corrected chi connectivity index (χ4v) is 1.63. The van der Waals surface area contributed by atoms with Crippen molar-refractivity contribution in [2.75, 3.05) is 0 Å². The number of nitrogens with two attached hydrogens (primary N) is 1. The number of hydrogen-bond donors (Lipinski definition) is 2. The maximum atomic E-state index is 5.91. The second-order valence-corrected chi connectivity index (χ2v) is 4.00. The molecule has 1 aromatic heterocycles. The Morgan fingerprint density at radius 1 is 1.29 bits per heavy atom. The lowest BCUT2D eigenvalue weighted by Gasteiger charge is -2.05. The van der Waals surface area contributed by atoms with Gasteiger partial charge in [-0.1, -0.05) is 37.3 Å². The number of nitrogens with zero attached hydrogens (tertiary/aromatic N) is 1. The molecule has 0 amide bonds. The molecule has 4 heteroatoms. The number of benzene rings is 1. The van der Waals surface area contributed by atoms with Gasteiger partial charge in [-0.25, -0.2) is 4.98 Å². The van der Waals surface area contributed by atoms with Crippen molar-refractivity contribution < 1.29 is 0 Å². The summed E-state index contributed by atoms with van der Waals surface area (Å²) in [4.78, 5) is 7.67. The van der Waals surface area contributed by atoms with Crippen LogP contribution in [-0.4, -0.2) is 16.0 Å². The van der Waals surface area contributed by atoms with E-state index in [1.165, 1.54) is 0 Å². The number of H-pyrrole nitrogens is 1. The van der Waals surface area contributed by atoms with Gasteiger partial charge in [-0.2, -0.15) is 0 Å². The minimum absolute atomic E-state index is 0. The Hall–Kier alpha value is -1.32. The average Bonchev–Trinajstić information content (AvgIpc) is 2.78. The molecule has 1 heterocycles. The maximum Gasteiger partial charge on any atom is 0.137 e. The molecular formula is C13H18ClN3. The number of imidazole rings is 1. The van der Waals surface area contributed by atoms with Crippen molar-refractivity contribution in [3.05, 3.63) is 42.2 Å². The molecule has 0 saturated carbocycles. The molecule has 0 fully saturated rings. The molecule has 1 aromatic carbocycles. The first-order chi connectivity index (χ1) is 7.79. The Morgan fingerprint density at radius 2 is 2.00 bits per heavy atom. The van der Waals surface area contributed by atoms with E-state index in [9.17, 15) is 0 Å². The summed E-state index contributed by atoms with van der Waals surface area (Å²) in [5.74, 6) is 0.916. The summed E-state index contributed by atoms with van der Waals surface area (Å²) in [5.41, 5.74) is 8.12. The summed E-state index contributed by atoms with van der Waals surface area (Å²) in [7, 11) is 0. The summed E-state index contributed by atoms with van der Waals surface area (Å²) in [6.07, 6.45) is 3.72. The van der Waals surface area contributed by atoms with Crippen molar-refractivity contribution in [1.29, 1.82) is 0 Å². The number of halogens is 1. The number of nitrogens with one attached hydrogen (secondary N) is 1. The van der Waals surface area contributed by atoms with Crippen LogP contribution in [0.2, 0.25) is 0 Å². The number of aromatic amines is 1. The van der Waals surface area contributed by atoms with E-state index in [4.69, 9.17) is 5.73 Å². The molecule has 0 bridgehead atoms. The molecule has 0 saturated heterocycles. The smallest absolute Gasteiger partial charge is 0.137 e. The Balaban J connectivity index is 0.00000144. The zero-order valence-electron chi connectivity index (χ0n) is 9.89. The number of aromatic nitrogens is 2. The summed E-state index contributed by atoms with van der Waals surface area (Å²) in [6.45, 7) is 2.10. The molecule has 0 aliphatic rings. The molecule has 17 heavy (non-hydrogen) atoms. The van der Waals surface area contributed by atoms with Gasteiger partial charge < -0.3 is 10.7 Å². The molecule has 0 aliphatic heterocycles. The van der Waals surface area contributed by atoms with E-state index in [2.05, 4.69) is 16.9 Å². The van der Waals surface area contributed by atoms with E-state index < -0.39 is 0 Å². The lowest BCUT2D eigenvalue weighted by atomic mass is 10.1. The van der Waals surface area contributed by atoms with Gasteiger partial charge in [0, 0.05) is 29.9 Å². The molecule has 1 unspecified atom stereocenters. The van der Waals surface area contributed by atoms with Crippen molar-refractivity contribution in [3.8, 4) is 11.4 Å². The second-order valence-electron chi connectivity index (χ2n) is 4.00. The molecule has 3 nitrogen and oxygen atoms in total. The fraction of sp³-hybridized carbons (Fsp3) is 0.308. The number of hydrogen-bond acceptors (Lipinski definition) is 2. The Bertz CT molecular complexity index is 439. The van der Waals surface area contributed by atoms with E-state index >= 15 is 0 Å². The predicted molar refractivity (Wildman–Crippen MR) is 73.2 cm³/mol. The highest BCUT2D eigenvalue weighted by Gasteiger charge is 2.06. The van der Waals surface area contributed by atoms with Crippen LogP contribution in [-0.2, 0) is 6.42 Å². The van der Waals surface area contributed by atoms with Gasteiger partial charge in [0.2, 0.25) is 0 Å². The zero-order chi connectivity index (χ0) is 11.4. The predicted octanol–water partition coefficient (Wildman–Crippen LogP) is 2.78. The Morgan fingerprint density at radius 3 is 2.65 bits per heavy atom. The van der Waals surface area contributed by atoms with Crippen LogP contribution in [0.5, 0.6) is 0 Å². The molecule has 0 aliphatic carbocycles. The van der Waals surface area contributed by atoms with Gasteiger partial charge in [-0.3, -0.25) is 0 Å². The highest BCUT2D eigenvalue weighted by molar-refractivity contribution is 5.85. The lowest BCUT2D eigenvalue weighted by molar-refractivity contribution is 0.639. The van der Waals surface area contributed by atoms with E-state index in [1.807, 2.05) is 36.5 Å². The first-order valence-electron chi connectivity index (χ1n) is 5.64. The molecule has 0 radical (unpaired) electrons. The lowest BCUT2D eigenvalue weighted by Crippen LogP contribution is -2.21. The van der Waals surface area contributed by atoms with Crippen molar-refractivity contribution in [3.63, 3.8) is 0 Å². The van der Waals surface area contributed by atoms with Gasteiger partial charge in [-0.05, 0) is 6.42 Å². The summed E-state index contributed by atoms with van der Waals surface area (Å²) in [5, 5.41) is 0. The highest BCUT2D eigenvalue weighted by Crippen LogP contribution is 2.15. The largest absolute Gasteiger partial charge is 0.342 e. The zero-order valence-corrected chi connectivity index (χ0v) is 10.7. The van der Waals surface area contributed by atoms with Crippen molar-refractivity contribution in [1.82, 2.24) is 9.97 Å². The third-order valence-electron chi connectivity index (χ3n) is 2.68. The minimum Gasteiger partial charge on any atom is -0.342 e. The van der Waals surface area contributed by atoms with Gasteiger partial charge in [0.15, 0.2) is 0 Å². The number of rotatable bonds is 4. The molecule has 92 valence electrons. The van der Waals surface area contributed by atoms with E-state index in [1.54, 1.807) is 0 Å². The van der Waals surface area contributed by atoms with Gasteiger partial charge in [0.1, 0.15) is 5.82 Å². The molecular weight excluding hydrogens is 234 g/mol. The highest BCUT2D eigenvalue weighted by atomic mass is 35.5. The summed E-state index contributed by atoms with van der Waals surface area (Å²) in [6, 6.07) is 10.3. The fourth-order valence-electron chi connectivity index (χ4n) is 1.63.